The summed E-state index contributed by atoms with van der Waals surface area (Å²) in [5.41, 5.74) is 2.50. The van der Waals surface area contributed by atoms with Gasteiger partial charge >= 0.3 is 0 Å². The van der Waals surface area contributed by atoms with Gasteiger partial charge in [-0.3, -0.25) is 9.59 Å². The number of amides is 2. The number of thioether (sulfide) groups is 1. The first-order valence-electron chi connectivity index (χ1n) is 8.49. The third kappa shape index (κ3) is 7.01. The van der Waals surface area contributed by atoms with Gasteiger partial charge < -0.3 is 10.6 Å². The Kier molecular flexibility index (Phi) is 8.05. The Balaban J connectivity index is 1.76. The van der Waals surface area contributed by atoms with Crippen molar-refractivity contribution in [2.75, 3.05) is 17.6 Å². The first-order valence-corrected chi connectivity index (χ1v) is 9.64. The van der Waals surface area contributed by atoms with Crippen molar-refractivity contribution in [2.24, 2.45) is 0 Å². The van der Waals surface area contributed by atoms with Crippen LogP contribution in [0.4, 0.5) is 5.69 Å². The maximum atomic E-state index is 12.2. The fourth-order valence-corrected chi connectivity index (χ4v) is 3.01. The van der Waals surface area contributed by atoms with Gasteiger partial charge in [0.1, 0.15) is 0 Å². The molecule has 0 fully saturated rings. The lowest BCUT2D eigenvalue weighted by molar-refractivity contribution is -0.118. The zero-order valence-electron chi connectivity index (χ0n) is 14.5. The summed E-state index contributed by atoms with van der Waals surface area (Å²) < 4.78 is 0. The first kappa shape index (κ1) is 19.1. The zero-order valence-corrected chi connectivity index (χ0v) is 15.3. The largest absolute Gasteiger partial charge is 0.355 e. The van der Waals surface area contributed by atoms with E-state index in [1.165, 1.54) is 0 Å². The standard InChI is InChI=1S/C20H24N2O2S/c1-2-3-13-21-19(23)15-25-14-16-9-11-17(12-10-16)20(24)22-18-7-5-4-6-8-18/h4-12H,2-3,13-15H2,1H3,(H,21,23)(H,22,24). The van der Waals surface area contributed by atoms with Gasteiger partial charge in [-0.25, -0.2) is 0 Å². The Morgan fingerprint density at radius 1 is 1.00 bits per heavy atom. The van der Waals surface area contributed by atoms with Crippen LogP contribution >= 0.6 is 11.8 Å². The Labute approximate surface area is 153 Å². The van der Waals surface area contributed by atoms with Crippen molar-refractivity contribution in [1.82, 2.24) is 5.32 Å². The molecule has 0 spiro atoms. The molecule has 4 nitrogen and oxygen atoms in total. The van der Waals surface area contributed by atoms with Gasteiger partial charge in [0.25, 0.3) is 5.91 Å². The maximum absolute atomic E-state index is 12.2. The Morgan fingerprint density at radius 3 is 2.40 bits per heavy atom. The van der Waals surface area contributed by atoms with Crippen LogP contribution in [0.1, 0.15) is 35.7 Å². The second-order valence-electron chi connectivity index (χ2n) is 5.71. The predicted molar refractivity (Wildman–Crippen MR) is 105 cm³/mol. The lowest BCUT2D eigenvalue weighted by Gasteiger charge is -2.07. The highest BCUT2D eigenvalue weighted by Gasteiger charge is 2.06. The van der Waals surface area contributed by atoms with Crippen molar-refractivity contribution in [3.8, 4) is 0 Å². The number of carbonyl (C=O) groups excluding carboxylic acids is 2. The van der Waals surface area contributed by atoms with Gasteiger partial charge in [-0.05, 0) is 36.2 Å². The molecule has 2 rings (SSSR count). The number of para-hydroxylation sites is 1. The molecule has 0 aliphatic heterocycles. The van der Waals surface area contributed by atoms with Crippen LogP contribution in [-0.2, 0) is 10.5 Å². The van der Waals surface area contributed by atoms with Crippen LogP contribution in [0.3, 0.4) is 0 Å². The Bertz CT molecular complexity index is 672. The Morgan fingerprint density at radius 2 is 1.72 bits per heavy atom. The number of anilines is 1. The minimum atomic E-state index is -0.124. The number of unbranched alkanes of at least 4 members (excludes halogenated alkanes) is 1. The molecule has 0 radical (unpaired) electrons. The number of hydrogen-bond acceptors (Lipinski definition) is 3. The summed E-state index contributed by atoms with van der Waals surface area (Å²) in [4.78, 5) is 23.8. The summed E-state index contributed by atoms with van der Waals surface area (Å²) in [6, 6.07) is 16.9. The number of nitrogens with one attached hydrogen (secondary N) is 2. The number of rotatable bonds is 9. The van der Waals surface area contributed by atoms with E-state index in [1.807, 2.05) is 54.6 Å². The minimum Gasteiger partial charge on any atom is -0.355 e. The van der Waals surface area contributed by atoms with Crippen molar-refractivity contribution in [2.45, 2.75) is 25.5 Å². The lowest BCUT2D eigenvalue weighted by Crippen LogP contribution is -2.26. The molecule has 2 amide bonds. The van der Waals surface area contributed by atoms with Crippen LogP contribution in [-0.4, -0.2) is 24.1 Å². The number of benzene rings is 2. The number of hydrogen-bond donors (Lipinski definition) is 2. The van der Waals surface area contributed by atoms with Gasteiger partial charge in [-0.1, -0.05) is 43.7 Å². The molecule has 0 aromatic heterocycles. The second-order valence-corrected chi connectivity index (χ2v) is 6.70. The summed E-state index contributed by atoms with van der Waals surface area (Å²) in [7, 11) is 0. The molecular formula is C20H24N2O2S. The first-order chi connectivity index (χ1) is 12.2. The average molecular weight is 356 g/mol. The quantitative estimate of drug-likeness (QED) is 0.665. The summed E-state index contributed by atoms with van der Waals surface area (Å²) in [5.74, 6) is 1.17. The van der Waals surface area contributed by atoms with E-state index in [9.17, 15) is 9.59 Å². The van der Waals surface area contributed by atoms with E-state index in [2.05, 4.69) is 17.6 Å². The molecule has 0 unspecified atom stereocenters. The topological polar surface area (TPSA) is 58.2 Å². The van der Waals surface area contributed by atoms with Gasteiger partial charge in [0.05, 0.1) is 5.75 Å². The molecule has 2 aromatic rings. The van der Waals surface area contributed by atoms with Crippen LogP contribution in [0.15, 0.2) is 54.6 Å². The fourth-order valence-electron chi connectivity index (χ4n) is 2.19. The normalized spacial score (nSPS) is 10.3. The predicted octanol–water partition coefficient (Wildman–Crippen LogP) is 4.09. The zero-order chi connectivity index (χ0) is 17.9. The van der Waals surface area contributed by atoms with Crippen LogP contribution in [0.2, 0.25) is 0 Å². The monoisotopic (exact) mass is 356 g/mol. The van der Waals surface area contributed by atoms with Crippen molar-refractivity contribution in [1.29, 1.82) is 0 Å². The molecule has 2 aromatic carbocycles. The molecule has 25 heavy (non-hydrogen) atoms. The molecule has 0 saturated carbocycles. The number of carbonyl (C=O) groups is 2. The van der Waals surface area contributed by atoms with Crippen LogP contribution in [0.5, 0.6) is 0 Å². The van der Waals surface area contributed by atoms with Gasteiger partial charge in [0.2, 0.25) is 5.91 Å². The van der Waals surface area contributed by atoms with E-state index < -0.39 is 0 Å². The smallest absolute Gasteiger partial charge is 0.255 e. The van der Waals surface area contributed by atoms with E-state index in [0.717, 1.165) is 36.4 Å². The lowest BCUT2D eigenvalue weighted by atomic mass is 10.1. The summed E-state index contributed by atoms with van der Waals surface area (Å²) in [6.45, 7) is 2.85. The Hall–Kier alpha value is -2.27. The molecule has 0 atom stereocenters. The second kappa shape index (κ2) is 10.6. The highest BCUT2D eigenvalue weighted by Crippen LogP contribution is 2.14. The summed E-state index contributed by atoms with van der Waals surface area (Å²) >= 11 is 1.58. The van der Waals surface area contributed by atoms with Crippen LogP contribution in [0.25, 0.3) is 0 Å². The molecular weight excluding hydrogens is 332 g/mol. The van der Waals surface area contributed by atoms with Gasteiger partial charge in [-0.2, -0.15) is 0 Å². The molecule has 0 aliphatic rings. The highest BCUT2D eigenvalue weighted by atomic mass is 32.2. The average Bonchev–Trinajstić information content (AvgIpc) is 2.63. The van der Waals surface area contributed by atoms with E-state index in [4.69, 9.17) is 0 Å². The minimum absolute atomic E-state index is 0.0808. The van der Waals surface area contributed by atoms with Crippen molar-refractivity contribution < 1.29 is 9.59 Å². The van der Waals surface area contributed by atoms with Crippen molar-refractivity contribution >= 4 is 29.3 Å². The van der Waals surface area contributed by atoms with Crippen LogP contribution in [0, 0.1) is 0 Å². The van der Waals surface area contributed by atoms with Crippen LogP contribution < -0.4 is 10.6 Å². The third-order valence-electron chi connectivity index (χ3n) is 3.60. The van der Waals surface area contributed by atoms with E-state index in [1.54, 1.807) is 11.8 Å². The molecule has 0 aliphatic carbocycles. The molecule has 132 valence electrons. The molecule has 2 N–H and O–H groups in total. The van der Waals surface area contributed by atoms with Crippen molar-refractivity contribution in [3.63, 3.8) is 0 Å². The molecule has 0 heterocycles. The van der Waals surface area contributed by atoms with Gasteiger partial charge in [0.15, 0.2) is 0 Å². The van der Waals surface area contributed by atoms with Gasteiger partial charge in [0, 0.05) is 23.5 Å². The molecule has 0 bridgehead atoms. The van der Waals surface area contributed by atoms with E-state index in [0.29, 0.717) is 11.3 Å². The maximum Gasteiger partial charge on any atom is 0.255 e. The van der Waals surface area contributed by atoms with Gasteiger partial charge in [-0.15, -0.1) is 11.8 Å². The van der Waals surface area contributed by atoms with Crippen molar-refractivity contribution in [3.05, 3.63) is 65.7 Å². The van der Waals surface area contributed by atoms with E-state index >= 15 is 0 Å². The van der Waals surface area contributed by atoms with E-state index in [-0.39, 0.29) is 11.8 Å². The highest BCUT2D eigenvalue weighted by molar-refractivity contribution is 7.99. The molecule has 5 heteroatoms. The molecule has 0 saturated heterocycles. The summed E-state index contributed by atoms with van der Waals surface area (Å²) in [5, 5.41) is 5.77. The SMILES string of the molecule is CCCCNC(=O)CSCc1ccc(C(=O)Nc2ccccc2)cc1. The third-order valence-corrected chi connectivity index (χ3v) is 4.61. The fraction of sp³-hybridized carbons (Fsp3) is 0.300. The summed E-state index contributed by atoms with van der Waals surface area (Å²) in [6.07, 6.45) is 2.10.